The van der Waals surface area contributed by atoms with Crippen LogP contribution in [-0.2, 0) is 20.7 Å². The predicted molar refractivity (Wildman–Crippen MR) is 98.3 cm³/mol. The third-order valence-corrected chi connectivity index (χ3v) is 4.30. The van der Waals surface area contributed by atoms with E-state index in [0.717, 1.165) is 28.8 Å². The molecule has 1 unspecified atom stereocenters. The Hall–Kier alpha value is -2.88. The van der Waals surface area contributed by atoms with Crippen molar-refractivity contribution < 1.29 is 14.3 Å². The molecule has 0 aliphatic carbocycles. The number of hydrogen-bond donors (Lipinski definition) is 0. The second kappa shape index (κ2) is 7.34. The molecule has 1 aliphatic heterocycles. The molecule has 0 saturated carbocycles. The molecule has 0 bridgehead atoms. The second-order valence-electron chi connectivity index (χ2n) is 6.30. The molecule has 2 aromatic carbocycles. The zero-order valence-electron chi connectivity index (χ0n) is 14.4. The number of fused-ring (bicyclic) bond motifs is 1. The van der Waals surface area contributed by atoms with E-state index in [1.165, 1.54) is 6.08 Å². The molecule has 3 rings (SSSR count). The molecule has 25 heavy (non-hydrogen) atoms. The van der Waals surface area contributed by atoms with Crippen molar-refractivity contribution in [1.29, 1.82) is 0 Å². The van der Waals surface area contributed by atoms with Gasteiger partial charge in [-0.05, 0) is 43.5 Å². The van der Waals surface area contributed by atoms with Crippen LogP contribution in [0.2, 0.25) is 0 Å². The van der Waals surface area contributed by atoms with E-state index in [1.807, 2.05) is 62.4 Å². The number of benzene rings is 2. The van der Waals surface area contributed by atoms with Crippen molar-refractivity contribution in [2.24, 2.45) is 0 Å². The Morgan fingerprint density at radius 3 is 2.64 bits per heavy atom. The van der Waals surface area contributed by atoms with Gasteiger partial charge in [-0.3, -0.25) is 4.79 Å². The third kappa shape index (κ3) is 3.97. The van der Waals surface area contributed by atoms with E-state index in [2.05, 4.69) is 0 Å². The van der Waals surface area contributed by atoms with Gasteiger partial charge in [-0.1, -0.05) is 48.0 Å². The minimum absolute atomic E-state index is 0.0757. The van der Waals surface area contributed by atoms with Gasteiger partial charge in [0.25, 0.3) is 5.91 Å². The van der Waals surface area contributed by atoms with Gasteiger partial charge in [-0.25, -0.2) is 4.79 Å². The van der Waals surface area contributed by atoms with E-state index in [0.29, 0.717) is 0 Å². The molecular formula is C21H21NO3. The summed E-state index contributed by atoms with van der Waals surface area (Å²) in [5, 5.41) is 0. The molecule has 1 amide bonds. The fraction of sp³-hybridized carbons (Fsp3) is 0.238. The minimum Gasteiger partial charge on any atom is -0.452 e. The Morgan fingerprint density at radius 1 is 1.16 bits per heavy atom. The van der Waals surface area contributed by atoms with Crippen LogP contribution in [0.3, 0.4) is 0 Å². The van der Waals surface area contributed by atoms with Gasteiger partial charge in [0.05, 0.1) is 0 Å². The van der Waals surface area contributed by atoms with Gasteiger partial charge >= 0.3 is 5.97 Å². The van der Waals surface area contributed by atoms with Gasteiger partial charge in [0, 0.05) is 17.8 Å². The topological polar surface area (TPSA) is 46.6 Å². The van der Waals surface area contributed by atoms with Crippen LogP contribution in [0.5, 0.6) is 0 Å². The lowest BCUT2D eigenvalue weighted by Gasteiger charge is -2.22. The summed E-state index contributed by atoms with van der Waals surface area (Å²) in [7, 11) is 0. The number of carbonyl (C=O) groups excluding carboxylic acids is 2. The van der Waals surface area contributed by atoms with Gasteiger partial charge < -0.3 is 9.64 Å². The average molecular weight is 335 g/mol. The molecule has 0 N–H and O–H groups in total. The molecule has 0 radical (unpaired) electrons. The summed E-state index contributed by atoms with van der Waals surface area (Å²) in [5.74, 6) is -0.719. The number of hydrogen-bond acceptors (Lipinski definition) is 3. The Kier molecular flexibility index (Phi) is 4.98. The molecule has 0 aromatic heterocycles. The molecule has 1 atom stereocenters. The number of aryl methyl sites for hydroxylation is 1. The van der Waals surface area contributed by atoms with E-state index in [-0.39, 0.29) is 18.6 Å². The lowest BCUT2D eigenvalue weighted by molar-refractivity contribution is -0.143. The molecule has 4 heteroatoms. The lowest BCUT2D eigenvalue weighted by atomic mass is 10.1. The molecular weight excluding hydrogens is 314 g/mol. The Bertz CT molecular complexity index is 808. The number of esters is 1. The van der Waals surface area contributed by atoms with Crippen molar-refractivity contribution in [1.82, 2.24) is 0 Å². The van der Waals surface area contributed by atoms with Crippen LogP contribution >= 0.6 is 0 Å². The van der Waals surface area contributed by atoms with Crippen LogP contribution < -0.4 is 4.90 Å². The normalized spacial score (nSPS) is 16.1. The number of rotatable bonds is 4. The van der Waals surface area contributed by atoms with Crippen LogP contribution in [-0.4, -0.2) is 24.5 Å². The third-order valence-electron chi connectivity index (χ3n) is 4.30. The maximum atomic E-state index is 12.5. The summed E-state index contributed by atoms with van der Waals surface area (Å²) in [6, 6.07) is 15.7. The van der Waals surface area contributed by atoms with E-state index < -0.39 is 5.97 Å². The molecule has 0 fully saturated rings. The Labute approximate surface area is 147 Å². The molecule has 4 nitrogen and oxygen atoms in total. The maximum absolute atomic E-state index is 12.5. The largest absolute Gasteiger partial charge is 0.452 e. The summed E-state index contributed by atoms with van der Waals surface area (Å²) in [5.41, 5.74) is 4.13. The van der Waals surface area contributed by atoms with Crippen LogP contribution in [0.4, 0.5) is 5.69 Å². The standard InChI is InChI=1S/C21H21NO3/c1-15-7-9-17(10-8-15)11-12-21(24)25-14-20(23)22-16(2)13-18-5-3-4-6-19(18)22/h3-12,16H,13-14H2,1-2H3/b12-11+. The first-order valence-corrected chi connectivity index (χ1v) is 8.36. The van der Waals surface area contributed by atoms with Crippen molar-refractivity contribution >= 4 is 23.6 Å². The number of amides is 1. The number of para-hydroxylation sites is 1. The van der Waals surface area contributed by atoms with Crippen LogP contribution in [0.15, 0.2) is 54.6 Å². The van der Waals surface area contributed by atoms with Gasteiger partial charge in [-0.15, -0.1) is 0 Å². The monoisotopic (exact) mass is 335 g/mol. The van der Waals surface area contributed by atoms with Crippen LogP contribution in [0.25, 0.3) is 6.08 Å². The van der Waals surface area contributed by atoms with Gasteiger partial charge in [0.15, 0.2) is 6.61 Å². The lowest BCUT2D eigenvalue weighted by Crippen LogP contribution is -2.38. The van der Waals surface area contributed by atoms with E-state index in [9.17, 15) is 9.59 Å². The van der Waals surface area contributed by atoms with E-state index in [4.69, 9.17) is 4.74 Å². The van der Waals surface area contributed by atoms with Crippen LogP contribution in [0.1, 0.15) is 23.6 Å². The predicted octanol–water partition coefficient (Wildman–Crippen LogP) is 3.53. The Balaban J connectivity index is 1.57. The van der Waals surface area contributed by atoms with Crippen LogP contribution in [0, 0.1) is 6.92 Å². The number of carbonyl (C=O) groups is 2. The number of nitrogens with zero attached hydrogens (tertiary/aromatic N) is 1. The molecule has 1 aliphatic rings. The molecule has 1 heterocycles. The number of ether oxygens (including phenoxy) is 1. The summed E-state index contributed by atoms with van der Waals surface area (Å²) in [4.78, 5) is 26.0. The average Bonchev–Trinajstić information content (AvgIpc) is 2.95. The summed E-state index contributed by atoms with van der Waals surface area (Å²) < 4.78 is 5.11. The SMILES string of the molecule is Cc1ccc(/C=C/C(=O)OCC(=O)N2c3ccccc3CC2C)cc1. The quantitative estimate of drug-likeness (QED) is 0.634. The van der Waals surface area contributed by atoms with Crippen molar-refractivity contribution in [2.45, 2.75) is 26.3 Å². The van der Waals surface area contributed by atoms with Crippen molar-refractivity contribution in [3.8, 4) is 0 Å². The van der Waals surface area contributed by atoms with Crippen molar-refractivity contribution in [3.05, 3.63) is 71.3 Å². The first kappa shape index (κ1) is 17.0. The van der Waals surface area contributed by atoms with Crippen molar-refractivity contribution in [3.63, 3.8) is 0 Å². The zero-order valence-corrected chi connectivity index (χ0v) is 14.4. The molecule has 128 valence electrons. The first-order chi connectivity index (χ1) is 12.0. The smallest absolute Gasteiger partial charge is 0.331 e. The Morgan fingerprint density at radius 2 is 1.88 bits per heavy atom. The second-order valence-corrected chi connectivity index (χ2v) is 6.30. The van der Waals surface area contributed by atoms with Crippen molar-refractivity contribution in [2.75, 3.05) is 11.5 Å². The van der Waals surface area contributed by atoms with Gasteiger partial charge in [0.1, 0.15) is 0 Å². The maximum Gasteiger partial charge on any atom is 0.331 e. The summed E-state index contributed by atoms with van der Waals surface area (Å²) in [6.07, 6.45) is 3.85. The fourth-order valence-corrected chi connectivity index (χ4v) is 3.04. The fourth-order valence-electron chi connectivity index (χ4n) is 3.04. The zero-order chi connectivity index (χ0) is 17.8. The highest BCUT2D eigenvalue weighted by atomic mass is 16.5. The first-order valence-electron chi connectivity index (χ1n) is 8.36. The van der Waals surface area contributed by atoms with Gasteiger partial charge in [0.2, 0.25) is 0 Å². The molecule has 0 saturated heterocycles. The molecule has 0 spiro atoms. The van der Waals surface area contributed by atoms with Gasteiger partial charge in [-0.2, -0.15) is 0 Å². The summed E-state index contributed by atoms with van der Waals surface area (Å²) >= 11 is 0. The summed E-state index contributed by atoms with van der Waals surface area (Å²) in [6.45, 7) is 3.75. The van der Waals surface area contributed by atoms with E-state index in [1.54, 1.807) is 11.0 Å². The highest BCUT2D eigenvalue weighted by molar-refractivity contribution is 5.98. The highest BCUT2D eigenvalue weighted by Crippen LogP contribution is 2.31. The highest BCUT2D eigenvalue weighted by Gasteiger charge is 2.30. The minimum atomic E-state index is -0.519. The number of anilines is 1. The van der Waals surface area contributed by atoms with E-state index >= 15 is 0 Å². The molecule has 2 aromatic rings.